The van der Waals surface area contributed by atoms with Crippen molar-refractivity contribution in [2.45, 2.75) is 32.4 Å². The van der Waals surface area contributed by atoms with E-state index in [1.807, 2.05) is 0 Å². The minimum atomic E-state index is -1.19. The summed E-state index contributed by atoms with van der Waals surface area (Å²) in [4.78, 5) is 33.7. The van der Waals surface area contributed by atoms with Crippen LogP contribution < -0.4 is 5.73 Å². The first-order valence-electron chi connectivity index (χ1n) is 6.42. The molecule has 0 spiro atoms. The third kappa shape index (κ3) is 4.26. The molecule has 1 unspecified atom stereocenters. The lowest BCUT2D eigenvalue weighted by atomic mass is 10.0. The van der Waals surface area contributed by atoms with E-state index in [4.69, 9.17) is 10.5 Å². The van der Waals surface area contributed by atoms with Crippen molar-refractivity contribution in [3.63, 3.8) is 0 Å². The normalized spacial score (nSPS) is 12.4. The van der Waals surface area contributed by atoms with Crippen LogP contribution >= 0.6 is 0 Å². The van der Waals surface area contributed by atoms with Gasteiger partial charge in [0.25, 0.3) is 5.69 Å². The molecular weight excluding hydrogens is 292 g/mol. The molecule has 0 amide bonds. The maximum Gasteiger partial charge on any atom is 0.344 e. The van der Waals surface area contributed by atoms with Crippen LogP contribution in [0, 0.1) is 10.1 Å². The van der Waals surface area contributed by atoms with E-state index in [0.29, 0.717) is 0 Å². The molecule has 0 saturated heterocycles. The molecule has 0 aliphatic heterocycles. The summed E-state index contributed by atoms with van der Waals surface area (Å²) in [5.41, 5.74) is 4.51. The van der Waals surface area contributed by atoms with Gasteiger partial charge in [-0.25, -0.2) is 9.59 Å². The lowest BCUT2D eigenvalue weighted by Gasteiger charge is -2.22. The van der Waals surface area contributed by atoms with Gasteiger partial charge in [-0.05, 0) is 32.4 Å². The van der Waals surface area contributed by atoms with Gasteiger partial charge < -0.3 is 15.2 Å². The van der Waals surface area contributed by atoms with Crippen LogP contribution in [0.5, 0.6) is 0 Å². The Morgan fingerprint density at radius 1 is 1.32 bits per heavy atom. The van der Waals surface area contributed by atoms with E-state index in [9.17, 15) is 19.7 Å². The number of hydrogen-bond acceptors (Lipinski definition) is 7. The van der Waals surface area contributed by atoms with E-state index < -0.39 is 34.2 Å². The topological polar surface area (TPSA) is 122 Å². The number of carbonyl (C=O) groups excluding carboxylic acids is 2. The zero-order valence-electron chi connectivity index (χ0n) is 12.8. The zero-order chi connectivity index (χ0) is 17.1. The maximum atomic E-state index is 11.9. The van der Waals surface area contributed by atoms with E-state index >= 15 is 0 Å². The molecule has 1 atom stereocenters. The molecular formula is C14H18N2O6. The average Bonchev–Trinajstić information content (AvgIpc) is 2.43. The Labute approximate surface area is 127 Å². The van der Waals surface area contributed by atoms with Gasteiger partial charge in [0.05, 0.1) is 12.0 Å². The molecule has 8 heteroatoms. The van der Waals surface area contributed by atoms with Crippen molar-refractivity contribution in [2.24, 2.45) is 5.73 Å². The smallest absolute Gasteiger partial charge is 0.344 e. The number of carbonyl (C=O) groups is 2. The fraction of sp³-hybridized carbons (Fsp3) is 0.429. The first-order chi connectivity index (χ1) is 10.1. The summed E-state index contributed by atoms with van der Waals surface area (Å²) >= 11 is 0. The van der Waals surface area contributed by atoms with Crippen molar-refractivity contribution in [1.82, 2.24) is 0 Å². The Kier molecular flexibility index (Phi) is 5.21. The Bertz CT molecular complexity index is 606. The molecule has 0 aliphatic carbocycles. The fourth-order valence-corrected chi connectivity index (χ4v) is 1.68. The maximum absolute atomic E-state index is 11.9. The van der Waals surface area contributed by atoms with Crippen LogP contribution in [-0.2, 0) is 14.3 Å². The average molecular weight is 310 g/mol. The van der Waals surface area contributed by atoms with Crippen LogP contribution in [0.4, 0.5) is 5.69 Å². The number of ether oxygens (including phenoxy) is 2. The first-order valence-corrected chi connectivity index (χ1v) is 6.42. The second kappa shape index (κ2) is 6.52. The summed E-state index contributed by atoms with van der Waals surface area (Å²) in [6.45, 7) is 5.04. The summed E-state index contributed by atoms with van der Waals surface area (Å²) in [5, 5.41) is 11.1. The van der Waals surface area contributed by atoms with Crippen LogP contribution in [-0.4, -0.2) is 29.6 Å². The Hall–Kier alpha value is -2.48. The Morgan fingerprint density at radius 3 is 2.36 bits per heavy atom. The molecule has 0 radical (unpaired) electrons. The van der Waals surface area contributed by atoms with Gasteiger partial charge in [-0.3, -0.25) is 10.1 Å². The minimum Gasteiger partial charge on any atom is -0.465 e. The molecule has 0 fully saturated rings. The molecule has 0 saturated carbocycles. The molecule has 1 rings (SSSR count). The number of nitro benzene ring substituents is 1. The van der Waals surface area contributed by atoms with Crippen LogP contribution in [0.2, 0.25) is 0 Å². The SMILES string of the molecule is COC(=O)c1ccc(C(N)C(=O)OC(C)(C)C)cc1[N+](=O)[O-]. The molecule has 0 aliphatic rings. The molecule has 2 N–H and O–H groups in total. The van der Waals surface area contributed by atoms with Gasteiger partial charge >= 0.3 is 11.9 Å². The third-order valence-electron chi connectivity index (χ3n) is 2.64. The Morgan fingerprint density at radius 2 is 1.91 bits per heavy atom. The first kappa shape index (κ1) is 17.6. The molecule has 8 nitrogen and oxygen atoms in total. The summed E-state index contributed by atoms with van der Waals surface area (Å²) in [6.07, 6.45) is 0. The second-order valence-electron chi connectivity index (χ2n) is 5.54. The predicted molar refractivity (Wildman–Crippen MR) is 77.2 cm³/mol. The third-order valence-corrected chi connectivity index (χ3v) is 2.64. The number of esters is 2. The van der Waals surface area contributed by atoms with E-state index in [1.54, 1.807) is 20.8 Å². The summed E-state index contributed by atoms with van der Waals surface area (Å²) in [7, 11) is 1.12. The highest BCUT2D eigenvalue weighted by Gasteiger charge is 2.27. The number of rotatable bonds is 4. The number of hydrogen-bond donors (Lipinski definition) is 1. The van der Waals surface area contributed by atoms with Gasteiger partial charge in [0.2, 0.25) is 0 Å². The monoisotopic (exact) mass is 310 g/mol. The Balaban J connectivity index is 3.17. The second-order valence-corrected chi connectivity index (χ2v) is 5.54. The fourth-order valence-electron chi connectivity index (χ4n) is 1.68. The number of benzene rings is 1. The van der Waals surface area contributed by atoms with E-state index in [1.165, 1.54) is 12.1 Å². The van der Waals surface area contributed by atoms with Crippen molar-refractivity contribution in [1.29, 1.82) is 0 Å². The van der Waals surface area contributed by atoms with Gasteiger partial charge in [-0.2, -0.15) is 0 Å². The van der Waals surface area contributed by atoms with Gasteiger partial charge in [-0.1, -0.05) is 6.07 Å². The molecule has 0 aromatic heterocycles. The van der Waals surface area contributed by atoms with Gasteiger partial charge in [0, 0.05) is 6.07 Å². The predicted octanol–water partition coefficient (Wildman–Crippen LogP) is 1.72. The van der Waals surface area contributed by atoms with Crippen molar-refractivity contribution in [2.75, 3.05) is 7.11 Å². The van der Waals surface area contributed by atoms with Gasteiger partial charge in [-0.15, -0.1) is 0 Å². The zero-order valence-corrected chi connectivity index (χ0v) is 12.8. The standard InChI is InChI=1S/C14H18N2O6/c1-14(2,3)22-13(18)11(15)8-5-6-9(12(17)21-4)10(7-8)16(19)20/h5-7,11H,15H2,1-4H3. The number of nitrogens with zero attached hydrogens (tertiary/aromatic N) is 1. The number of nitrogens with two attached hydrogens (primary N) is 1. The van der Waals surface area contributed by atoms with Gasteiger partial charge in [0.1, 0.15) is 17.2 Å². The molecule has 0 bridgehead atoms. The largest absolute Gasteiger partial charge is 0.465 e. The van der Waals surface area contributed by atoms with Crippen molar-refractivity contribution in [3.05, 3.63) is 39.4 Å². The molecule has 120 valence electrons. The van der Waals surface area contributed by atoms with E-state index in [-0.39, 0.29) is 11.1 Å². The van der Waals surface area contributed by atoms with Crippen LogP contribution in [0.25, 0.3) is 0 Å². The van der Waals surface area contributed by atoms with Crippen molar-refractivity contribution < 1.29 is 24.0 Å². The molecule has 1 aromatic rings. The highest BCUT2D eigenvalue weighted by atomic mass is 16.6. The lowest BCUT2D eigenvalue weighted by Crippen LogP contribution is -2.31. The lowest BCUT2D eigenvalue weighted by molar-refractivity contribution is -0.385. The number of nitro groups is 1. The quantitative estimate of drug-likeness (QED) is 0.510. The van der Waals surface area contributed by atoms with E-state index in [2.05, 4.69) is 4.74 Å². The van der Waals surface area contributed by atoms with Crippen LogP contribution in [0.3, 0.4) is 0 Å². The van der Waals surface area contributed by atoms with Crippen molar-refractivity contribution in [3.8, 4) is 0 Å². The molecule has 0 heterocycles. The molecule has 1 aromatic carbocycles. The number of methoxy groups -OCH3 is 1. The molecule has 22 heavy (non-hydrogen) atoms. The summed E-state index contributed by atoms with van der Waals surface area (Å²) in [6, 6.07) is 2.43. The minimum absolute atomic E-state index is 0.175. The van der Waals surface area contributed by atoms with E-state index in [0.717, 1.165) is 13.2 Å². The highest BCUT2D eigenvalue weighted by Crippen LogP contribution is 2.25. The van der Waals surface area contributed by atoms with Crippen molar-refractivity contribution >= 4 is 17.6 Å². The van der Waals surface area contributed by atoms with Crippen LogP contribution in [0.15, 0.2) is 18.2 Å². The van der Waals surface area contributed by atoms with Gasteiger partial charge in [0.15, 0.2) is 0 Å². The highest BCUT2D eigenvalue weighted by molar-refractivity contribution is 5.94. The summed E-state index contributed by atoms with van der Waals surface area (Å²) in [5.74, 6) is -1.56. The van der Waals surface area contributed by atoms with Crippen LogP contribution in [0.1, 0.15) is 42.7 Å². The summed E-state index contributed by atoms with van der Waals surface area (Å²) < 4.78 is 9.60.